The van der Waals surface area contributed by atoms with Gasteiger partial charge in [0.05, 0.1) is 0 Å². The lowest BCUT2D eigenvalue weighted by Crippen LogP contribution is -2.57. The fourth-order valence-electron chi connectivity index (χ4n) is 2.35. The Morgan fingerprint density at radius 1 is 1.42 bits per heavy atom. The number of nitrogens with zero attached hydrogens (tertiary/aromatic N) is 1. The molecule has 1 atom stereocenters. The van der Waals surface area contributed by atoms with E-state index in [4.69, 9.17) is 0 Å². The largest absolute Gasteiger partial charge is 0.480 e. The number of carboxylic acids is 1. The van der Waals surface area contributed by atoms with Crippen molar-refractivity contribution in [3.05, 3.63) is 0 Å². The Morgan fingerprint density at radius 3 is 2.47 bits per heavy atom. The van der Waals surface area contributed by atoms with Gasteiger partial charge in [-0.2, -0.15) is 11.8 Å². The van der Waals surface area contributed by atoms with Crippen LogP contribution in [-0.2, 0) is 4.79 Å². The van der Waals surface area contributed by atoms with E-state index in [0.717, 1.165) is 25.0 Å². The van der Waals surface area contributed by atoms with E-state index in [-0.39, 0.29) is 12.1 Å². The number of aliphatic carboxylic acids is 1. The molecule has 0 heterocycles. The summed E-state index contributed by atoms with van der Waals surface area (Å²) in [5.41, 5.74) is -1.05. The Bertz CT molecular complexity index is 330. The predicted octanol–water partition coefficient (Wildman–Crippen LogP) is 2.17. The van der Waals surface area contributed by atoms with Crippen molar-refractivity contribution in [2.24, 2.45) is 0 Å². The van der Waals surface area contributed by atoms with Crippen LogP contribution in [0.1, 0.15) is 39.0 Å². The standard InChI is InChI=1S/C13H24N2O3S/c1-10(6-9-19-3)15(2)12(18)14-13(11(16)17)7-4-5-8-13/h10H,4-9H2,1-3H3,(H,14,18)(H,16,17). The van der Waals surface area contributed by atoms with Crippen molar-refractivity contribution in [1.29, 1.82) is 0 Å². The zero-order valence-corrected chi connectivity index (χ0v) is 12.8. The number of carbonyl (C=O) groups excluding carboxylic acids is 1. The van der Waals surface area contributed by atoms with Crippen molar-refractivity contribution >= 4 is 23.8 Å². The summed E-state index contributed by atoms with van der Waals surface area (Å²) in [4.78, 5) is 25.2. The van der Waals surface area contributed by atoms with E-state index in [1.807, 2.05) is 13.2 Å². The number of carbonyl (C=O) groups is 2. The van der Waals surface area contributed by atoms with E-state index in [9.17, 15) is 14.7 Å². The molecule has 110 valence electrons. The summed E-state index contributed by atoms with van der Waals surface area (Å²) in [6, 6.07) is -0.169. The van der Waals surface area contributed by atoms with Gasteiger partial charge in [-0.1, -0.05) is 12.8 Å². The Morgan fingerprint density at radius 2 is 2.00 bits per heavy atom. The van der Waals surface area contributed by atoms with Crippen molar-refractivity contribution in [2.75, 3.05) is 19.1 Å². The molecule has 1 fully saturated rings. The normalized spacial score (nSPS) is 18.9. The smallest absolute Gasteiger partial charge is 0.329 e. The molecule has 0 aliphatic heterocycles. The average Bonchev–Trinajstić information content (AvgIpc) is 2.84. The van der Waals surface area contributed by atoms with Crippen LogP contribution in [-0.4, -0.2) is 52.6 Å². The highest BCUT2D eigenvalue weighted by Crippen LogP contribution is 2.30. The molecule has 0 saturated heterocycles. The summed E-state index contributed by atoms with van der Waals surface area (Å²) in [6.45, 7) is 1.98. The fraction of sp³-hybridized carbons (Fsp3) is 0.846. The number of nitrogens with one attached hydrogen (secondary N) is 1. The highest BCUT2D eigenvalue weighted by molar-refractivity contribution is 7.98. The van der Waals surface area contributed by atoms with Crippen LogP contribution in [0.5, 0.6) is 0 Å². The van der Waals surface area contributed by atoms with Crippen LogP contribution in [0.2, 0.25) is 0 Å². The van der Waals surface area contributed by atoms with Crippen LogP contribution in [0.4, 0.5) is 4.79 Å². The van der Waals surface area contributed by atoms with Gasteiger partial charge in [-0.3, -0.25) is 0 Å². The van der Waals surface area contributed by atoms with Crippen molar-refractivity contribution < 1.29 is 14.7 Å². The van der Waals surface area contributed by atoms with Gasteiger partial charge in [0.1, 0.15) is 5.54 Å². The molecular formula is C13H24N2O3S. The number of rotatable bonds is 6. The highest BCUT2D eigenvalue weighted by Gasteiger charge is 2.43. The number of hydrogen-bond donors (Lipinski definition) is 2. The minimum absolute atomic E-state index is 0.111. The molecule has 5 nitrogen and oxygen atoms in total. The number of urea groups is 1. The Balaban J connectivity index is 2.59. The van der Waals surface area contributed by atoms with Crippen LogP contribution in [0, 0.1) is 0 Å². The van der Waals surface area contributed by atoms with Crippen LogP contribution >= 0.6 is 11.8 Å². The molecule has 1 aliphatic rings. The molecule has 0 radical (unpaired) electrons. The quantitative estimate of drug-likeness (QED) is 0.786. The molecule has 2 N–H and O–H groups in total. The lowest BCUT2D eigenvalue weighted by atomic mass is 9.98. The van der Waals surface area contributed by atoms with Crippen molar-refractivity contribution in [1.82, 2.24) is 10.2 Å². The second kappa shape index (κ2) is 7.03. The summed E-state index contributed by atoms with van der Waals surface area (Å²) in [5.74, 6) is 0.0755. The van der Waals surface area contributed by atoms with Crippen LogP contribution in [0.15, 0.2) is 0 Å². The van der Waals surface area contributed by atoms with Gasteiger partial charge >= 0.3 is 12.0 Å². The monoisotopic (exact) mass is 288 g/mol. The minimum Gasteiger partial charge on any atom is -0.480 e. The minimum atomic E-state index is -1.05. The first-order valence-corrected chi connectivity index (χ1v) is 8.09. The first-order chi connectivity index (χ1) is 8.93. The van der Waals surface area contributed by atoms with Gasteiger partial charge in [0.15, 0.2) is 0 Å². The molecule has 1 rings (SSSR count). The molecule has 0 spiro atoms. The first kappa shape index (κ1) is 16.1. The zero-order valence-electron chi connectivity index (χ0n) is 11.9. The molecule has 1 aliphatic carbocycles. The second-order valence-corrected chi connectivity index (χ2v) is 6.25. The molecule has 1 saturated carbocycles. The Labute approximate surface area is 119 Å². The van der Waals surface area contributed by atoms with Crippen molar-refractivity contribution in [2.45, 2.75) is 50.6 Å². The molecular weight excluding hydrogens is 264 g/mol. The lowest BCUT2D eigenvalue weighted by molar-refractivity contribution is -0.144. The summed E-state index contributed by atoms with van der Waals surface area (Å²) in [7, 11) is 1.73. The Kier molecular flexibility index (Phi) is 5.97. The number of amides is 2. The molecule has 0 aromatic carbocycles. The molecule has 6 heteroatoms. The predicted molar refractivity (Wildman–Crippen MR) is 77.6 cm³/mol. The maximum absolute atomic E-state index is 12.2. The van der Waals surface area contributed by atoms with E-state index in [1.54, 1.807) is 23.7 Å². The molecule has 0 aromatic rings. The maximum atomic E-state index is 12.2. The summed E-state index contributed by atoms with van der Waals surface area (Å²) >= 11 is 1.74. The summed E-state index contributed by atoms with van der Waals surface area (Å²) in [6.07, 6.45) is 5.72. The van der Waals surface area contributed by atoms with Crippen LogP contribution in [0.3, 0.4) is 0 Å². The van der Waals surface area contributed by atoms with E-state index in [1.165, 1.54) is 0 Å². The molecule has 2 amide bonds. The highest BCUT2D eigenvalue weighted by atomic mass is 32.2. The Hall–Kier alpha value is -0.910. The van der Waals surface area contributed by atoms with Crippen molar-refractivity contribution in [3.63, 3.8) is 0 Å². The van der Waals surface area contributed by atoms with Gasteiger partial charge in [0.2, 0.25) is 0 Å². The zero-order chi connectivity index (χ0) is 14.5. The number of carboxylic acid groups (broad SMARTS) is 1. The average molecular weight is 288 g/mol. The van der Waals surface area contributed by atoms with E-state index < -0.39 is 11.5 Å². The van der Waals surface area contributed by atoms with E-state index in [2.05, 4.69) is 5.32 Å². The van der Waals surface area contributed by atoms with Gasteiger partial charge in [0.25, 0.3) is 0 Å². The lowest BCUT2D eigenvalue weighted by Gasteiger charge is -2.31. The SMILES string of the molecule is CSCCC(C)N(C)C(=O)NC1(C(=O)O)CCCC1. The van der Waals surface area contributed by atoms with Crippen LogP contribution in [0.25, 0.3) is 0 Å². The third kappa shape index (κ3) is 4.03. The van der Waals surface area contributed by atoms with Crippen LogP contribution < -0.4 is 5.32 Å². The third-order valence-corrected chi connectivity index (χ3v) is 4.58. The molecule has 1 unspecified atom stereocenters. The molecule has 0 bridgehead atoms. The summed E-state index contributed by atoms with van der Waals surface area (Å²) in [5, 5.41) is 12.1. The summed E-state index contributed by atoms with van der Waals surface area (Å²) < 4.78 is 0. The third-order valence-electron chi connectivity index (χ3n) is 3.93. The van der Waals surface area contributed by atoms with E-state index >= 15 is 0 Å². The van der Waals surface area contributed by atoms with Gasteiger partial charge in [0, 0.05) is 13.1 Å². The maximum Gasteiger partial charge on any atom is 0.329 e. The number of thioether (sulfide) groups is 1. The fourth-order valence-corrected chi connectivity index (χ4v) is 2.92. The first-order valence-electron chi connectivity index (χ1n) is 6.70. The van der Waals surface area contributed by atoms with Gasteiger partial charge < -0.3 is 15.3 Å². The van der Waals surface area contributed by atoms with Gasteiger partial charge in [-0.05, 0) is 38.2 Å². The molecule has 0 aromatic heterocycles. The molecule has 19 heavy (non-hydrogen) atoms. The topological polar surface area (TPSA) is 69.6 Å². The van der Waals surface area contributed by atoms with Gasteiger partial charge in [-0.25, -0.2) is 9.59 Å². The van der Waals surface area contributed by atoms with E-state index in [0.29, 0.717) is 12.8 Å². The number of hydrogen-bond acceptors (Lipinski definition) is 3. The van der Waals surface area contributed by atoms with Gasteiger partial charge in [-0.15, -0.1) is 0 Å². The second-order valence-electron chi connectivity index (χ2n) is 5.27. The van der Waals surface area contributed by atoms with Crippen molar-refractivity contribution in [3.8, 4) is 0 Å².